The molecule has 2 heteroatoms. The van der Waals surface area contributed by atoms with Gasteiger partial charge in [-0.05, 0) is 37.1 Å². The average molecular weight is 249 g/mol. The van der Waals surface area contributed by atoms with Gasteiger partial charge in [-0.1, -0.05) is 45.0 Å². The van der Waals surface area contributed by atoms with Crippen LogP contribution in [0.3, 0.4) is 0 Å². The summed E-state index contributed by atoms with van der Waals surface area (Å²) in [6, 6.07) is 11.4. The van der Waals surface area contributed by atoms with E-state index in [1.165, 1.54) is 5.56 Å². The summed E-state index contributed by atoms with van der Waals surface area (Å²) < 4.78 is 6.12. The van der Waals surface area contributed by atoms with Crippen molar-refractivity contribution in [1.82, 2.24) is 0 Å². The molecule has 95 valence electrons. The number of hydrogen-bond acceptors (Lipinski definition) is 1. The van der Waals surface area contributed by atoms with Gasteiger partial charge in [-0.15, -0.1) is 0 Å². The molecule has 0 fully saturated rings. The molecule has 2 atom stereocenters. The maximum atomic E-state index is 6.12. The fourth-order valence-electron chi connectivity index (χ4n) is 2.59. The lowest BCUT2D eigenvalue weighted by Gasteiger charge is -2.36. The summed E-state index contributed by atoms with van der Waals surface area (Å²) >= 11 is 0. The first-order valence-electron chi connectivity index (χ1n) is 6.44. The summed E-state index contributed by atoms with van der Waals surface area (Å²) in [5, 5.41) is 0. The van der Waals surface area contributed by atoms with Gasteiger partial charge in [-0.3, -0.25) is 0 Å². The zero-order valence-corrected chi connectivity index (χ0v) is 13.1. The smallest absolute Gasteiger partial charge is 0.171 e. The van der Waals surface area contributed by atoms with Gasteiger partial charge < -0.3 is 4.43 Å². The topological polar surface area (TPSA) is 9.23 Å². The molecule has 17 heavy (non-hydrogen) atoms. The average Bonchev–Trinajstić information content (AvgIpc) is 2.15. The SMILES string of the molecule is CC(O[SiH](C)C)C(c1cc[c]cc1)C(C)(C)C. The lowest BCUT2D eigenvalue weighted by molar-refractivity contribution is 0.126. The molecule has 1 nitrogen and oxygen atoms in total. The van der Waals surface area contributed by atoms with Crippen LogP contribution in [0.1, 0.15) is 39.2 Å². The Morgan fingerprint density at radius 2 is 1.71 bits per heavy atom. The molecule has 0 aliphatic carbocycles. The minimum atomic E-state index is -0.988. The normalized spacial score (nSPS) is 15.9. The summed E-state index contributed by atoms with van der Waals surface area (Å²) in [7, 11) is -0.988. The number of rotatable bonds is 4. The van der Waals surface area contributed by atoms with Crippen molar-refractivity contribution in [3.63, 3.8) is 0 Å². The molecule has 0 heterocycles. The lowest BCUT2D eigenvalue weighted by atomic mass is 9.74. The van der Waals surface area contributed by atoms with E-state index in [0.29, 0.717) is 5.92 Å². The van der Waals surface area contributed by atoms with Gasteiger partial charge in [0, 0.05) is 12.0 Å². The van der Waals surface area contributed by atoms with Gasteiger partial charge >= 0.3 is 0 Å². The monoisotopic (exact) mass is 249 g/mol. The Bertz CT molecular complexity index is 327. The molecule has 1 rings (SSSR count). The van der Waals surface area contributed by atoms with Crippen LogP contribution >= 0.6 is 0 Å². The second-order valence-electron chi connectivity index (χ2n) is 6.07. The highest BCUT2D eigenvalue weighted by Gasteiger charge is 2.31. The van der Waals surface area contributed by atoms with Crippen LogP contribution in [0.25, 0.3) is 0 Å². The van der Waals surface area contributed by atoms with E-state index in [9.17, 15) is 0 Å². The zero-order valence-electron chi connectivity index (χ0n) is 11.9. The predicted octanol–water partition coefficient (Wildman–Crippen LogP) is 4.00. The Morgan fingerprint density at radius 1 is 1.18 bits per heavy atom. The van der Waals surface area contributed by atoms with Crippen LogP contribution in [0, 0.1) is 11.5 Å². The standard InChI is InChI=1S/C15H25OSi/c1-12(16-17(5)6)14(15(2,3)4)13-10-8-7-9-11-13/h8-12,14,17H,1-6H3. The zero-order chi connectivity index (χ0) is 13.1. The van der Waals surface area contributed by atoms with Gasteiger partial charge in [-0.25, -0.2) is 0 Å². The molecule has 0 aliphatic rings. The van der Waals surface area contributed by atoms with Crippen LogP contribution in [-0.4, -0.2) is 15.1 Å². The fourth-order valence-corrected chi connectivity index (χ4v) is 3.61. The van der Waals surface area contributed by atoms with Gasteiger partial charge in [-0.2, -0.15) is 0 Å². The second-order valence-corrected chi connectivity index (χ2v) is 8.44. The van der Waals surface area contributed by atoms with E-state index in [-0.39, 0.29) is 11.5 Å². The Hall–Kier alpha value is -0.603. The minimum Gasteiger partial charge on any atom is -0.417 e. The van der Waals surface area contributed by atoms with E-state index in [1.807, 2.05) is 12.1 Å². The van der Waals surface area contributed by atoms with Crippen molar-refractivity contribution in [1.29, 1.82) is 0 Å². The molecule has 0 amide bonds. The van der Waals surface area contributed by atoms with Crippen molar-refractivity contribution in [2.45, 2.75) is 52.8 Å². The van der Waals surface area contributed by atoms with Crippen LogP contribution in [0.5, 0.6) is 0 Å². The van der Waals surface area contributed by atoms with Crippen molar-refractivity contribution in [3.05, 3.63) is 35.9 Å². The Morgan fingerprint density at radius 3 is 2.12 bits per heavy atom. The van der Waals surface area contributed by atoms with E-state index in [0.717, 1.165) is 0 Å². The molecule has 1 radical (unpaired) electrons. The van der Waals surface area contributed by atoms with Gasteiger partial charge in [0.05, 0.1) is 0 Å². The molecule has 1 aromatic carbocycles. The van der Waals surface area contributed by atoms with Crippen molar-refractivity contribution in [2.24, 2.45) is 5.41 Å². The number of hydrogen-bond donors (Lipinski definition) is 0. The molecule has 0 N–H and O–H groups in total. The Balaban J connectivity index is 2.97. The van der Waals surface area contributed by atoms with Crippen molar-refractivity contribution in [2.75, 3.05) is 0 Å². The summed E-state index contributed by atoms with van der Waals surface area (Å²) in [4.78, 5) is 0. The van der Waals surface area contributed by atoms with Crippen LogP contribution in [0.4, 0.5) is 0 Å². The van der Waals surface area contributed by atoms with Crippen LogP contribution in [0.2, 0.25) is 13.1 Å². The van der Waals surface area contributed by atoms with Gasteiger partial charge in [0.2, 0.25) is 0 Å². The highest BCUT2D eigenvalue weighted by molar-refractivity contribution is 6.48. The quantitative estimate of drug-likeness (QED) is 0.733. The largest absolute Gasteiger partial charge is 0.417 e. The first-order chi connectivity index (χ1) is 7.82. The van der Waals surface area contributed by atoms with E-state index in [2.05, 4.69) is 59.0 Å². The van der Waals surface area contributed by atoms with E-state index in [4.69, 9.17) is 4.43 Å². The minimum absolute atomic E-state index is 0.212. The molecule has 1 aromatic rings. The third-order valence-electron chi connectivity index (χ3n) is 2.99. The van der Waals surface area contributed by atoms with Crippen LogP contribution in [0.15, 0.2) is 24.3 Å². The van der Waals surface area contributed by atoms with Crippen molar-refractivity contribution >= 4 is 9.04 Å². The van der Waals surface area contributed by atoms with E-state index in [1.54, 1.807) is 0 Å². The van der Waals surface area contributed by atoms with Gasteiger partial charge in [0.15, 0.2) is 9.04 Å². The summed E-state index contributed by atoms with van der Waals surface area (Å²) in [6.07, 6.45) is 0.282. The fraction of sp³-hybridized carbons (Fsp3) is 0.600. The molecule has 2 unspecified atom stereocenters. The van der Waals surface area contributed by atoms with Crippen LogP contribution < -0.4 is 0 Å². The summed E-state index contributed by atoms with van der Waals surface area (Å²) in [5.74, 6) is 0.437. The molecule has 0 spiro atoms. The highest BCUT2D eigenvalue weighted by Crippen LogP contribution is 2.38. The lowest BCUT2D eigenvalue weighted by Crippen LogP contribution is -2.32. The summed E-state index contributed by atoms with van der Waals surface area (Å²) in [5.41, 5.74) is 1.57. The molecule has 0 aromatic heterocycles. The highest BCUT2D eigenvalue weighted by atomic mass is 28.3. The molecule has 0 saturated carbocycles. The predicted molar refractivity (Wildman–Crippen MR) is 76.9 cm³/mol. The Labute approximate surface area is 108 Å². The third-order valence-corrected chi connectivity index (χ3v) is 3.97. The van der Waals surface area contributed by atoms with Crippen molar-refractivity contribution in [3.8, 4) is 0 Å². The maximum Gasteiger partial charge on any atom is 0.171 e. The first kappa shape index (κ1) is 14.5. The molecular formula is C15H25OSi. The second kappa shape index (κ2) is 5.83. The van der Waals surface area contributed by atoms with Gasteiger partial charge in [0.25, 0.3) is 0 Å². The van der Waals surface area contributed by atoms with Crippen LogP contribution in [-0.2, 0) is 4.43 Å². The van der Waals surface area contributed by atoms with E-state index < -0.39 is 9.04 Å². The third kappa shape index (κ3) is 4.28. The maximum absolute atomic E-state index is 6.12. The Kier molecular flexibility index (Phi) is 4.96. The van der Waals surface area contributed by atoms with E-state index >= 15 is 0 Å². The van der Waals surface area contributed by atoms with Crippen molar-refractivity contribution < 1.29 is 4.43 Å². The first-order valence-corrected chi connectivity index (χ1v) is 9.22. The van der Waals surface area contributed by atoms with Gasteiger partial charge in [0.1, 0.15) is 0 Å². The molecule has 0 aliphatic heterocycles. The molecule has 0 bridgehead atoms. The molecule has 0 saturated heterocycles. The molecular weight excluding hydrogens is 224 g/mol. The summed E-state index contributed by atoms with van der Waals surface area (Å²) in [6.45, 7) is 13.5. The number of benzene rings is 1.